The van der Waals surface area contributed by atoms with Crippen molar-refractivity contribution < 1.29 is 0 Å². The molecule has 0 atom stereocenters. The van der Waals surface area contributed by atoms with Crippen LogP contribution in [-0.2, 0) is 0 Å². The minimum atomic E-state index is 0.626. The highest BCUT2D eigenvalue weighted by atomic mass is 79.9. The number of rotatable bonds is 3. The first-order valence-electron chi connectivity index (χ1n) is 6.92. The van der Waals surface area contributed by atoms with E-state index in [4.69, 9.17) is 4.98 Å². The van der Waals surface area contributed by atoms with E-state index in [2.05, 4.69) is 58.3 Å². The van der Waals surface area contributed by atoms with Crippen LogP contribution in [0.1, 0.15) is 35.6 Å². The summed E-state index contributed by atoms with van der Waals surface area (Å²) in [5.74, 6) is 2.34. The molecule has 0 saturated heterocycles. The maximum absolute atomic E-state index is 4.76. The van der Waals surface area contributed by atoms with E-state index in [1.54, 1.807) is 0 Å². The van der Waals surface area contributed by atoms with Gasteiger partial charge in [0.25, 0.3) is 0 Å². The number of hydrogen-bond donors (Lipinski definition) is 1. The largest absolute Gasteiger partial charge is 0.373 e. The number of halogens is 1. The Bertz CT molecular complexity index is 640. The Kier molecular flexibility index (Phi) is 3.50. The fourth-order valence-electron chi connectivity index (χ4n) is 2.39. The zero-order chi connectivity index (χ0) is 14.3. The van der Waals surface area contributed by atoms with Crippen LogP contribution in [0.2, 0.25) is 0 Å². The van der Waals surface area contributed by atoms with Crippen LogP contribution >= 0.6 is 15.9 Å². The average molecular weight is 332 g/mol. The maximum Gasteiger partial charge on any atom is 0.161 e. The van der Waals surface area contributed by atoms with Gasteiger partial charge in [-0.25, -0.2) is 9.97 Å². The van der Waals surface area contributed by atoms with E-state index < -0.39 is 0 Å². The lowest BCUT2D eigenvalue weighted by Crippen LogP contribution is -2.00. The van der Waals surface area contributed by atoms with Gasteiger partial charge >= 0.3 is 0 Å². The number of nitrogens with zero attached hydrogens (tertiary/aromatic N) is 2. The number of hydrogen-bond acceptors (Lipinski definition) is 3. The van der Waals surface area contributed by atoms with Gasteiger partial charge in [-0.3, -0.25) is 0 Å². The van der Waals surface area contributed by atoms with Crippen molar-refractivity contribution in [2.45, 2.75) is 32.6 Å². The Morgan fingerprint density at radius 1 is 1.10 bits per heavy atom. The summed E-state index contributed by atoms with van der Waals surface area (Å²) in [6.07, 6.45) is 2.50. The van der Waals surface area contributed by atoms with Crippen molar-refractivity contribution in [1.82, 2.24) is 9.97 Å². The summed E-state index contributed by atoms with van der Waals surface area (Å²) < 4.78 is 1.16. The number of nitrogens with one attached hydrogen (secondary N) is 1. The van der Waals surface area contributed by atoms with E-state index in [9.17, 15) is 0 Å². The Hall–Kier alpha value is -1.42. The third-order valence-corrected chi connectivity index (χ3v) is 4.94. The molecule has 4 heteroatoms. The first kappa shape index (κ1) is 13.6. The third-order valence-electron chi connectivity index (χ3n) is 3.69. The van der Waals surface area contributed by atoms with E-state index in [0.29, 0.717) is 5.92 Å². The predicted molar refractivity (Wildman–Crippen MR) is 86.2 cm³/mol. The lowest BCUT2D eigenvalue weighted by molar-refractivity contribution is 0.994. The van der Waals surface area contributed by atoms with Gasteiger partial charge in [-0.15, -0.1) is 0 Å². The molecule has 1 N–H and O–H groups in total. The molecule has 0 bridgehead atoms. The molecule has 0 aliphatic heterocycles. The number of aromatic nitrogens is 2. The molecular formula is C16H18BrN3. The normalized spacial score (nSPS) is 14.4. The molecule has 20 heavy (non-hydrogen) atoms. The Morgan fingerprint density at radius 2 is 1.75 bits per heavy atom. The summed E-state index contributed by atoms with van der Waals surface area (Å²) in [4.78, 5) is 9.37. The molecule has 0 unspecified atom stereocenters. The molecule has 104 valence electrons. The van der Waals surface area contributed by atoms with E-state index in [-0.39, 0.29) is 0 Å². The predicted octanol–water partition coefficient (Wildman–Crippen LogP) is 4.44. The lowest BCUT2D eigenvalue weighted by atomic mass is 10.1. The van der Waals surface area contributed by atoms with Gasteiger partial charge in [0.05, 0.1) is 0 Å². The van der Waals surface area contributed by atoms with E-state index in [0.717, 1.165) is 27.4 Å². The molecule has 1 aromatic heterocycles. The topological polar surface area (TPSA) is 37.8 Å². The van der Waals surface area contributed by atoms with Crippen LogP contribution in [0.5, 0.6) is 0 Å². The van der Waals surface area contributed by atoms with Crippen LogP contribution in [-0.4, -0.2) is 17.0 Å². The zero-order valence-corrected chi connectivity index (χ0v) is 13.6. The van der Waals surface area contributed by atoms with Crippen LogP contribution in [0.15, 0.2) is 22.7 Å². The van der Waals surface area contributed by atoms with E-state index in [1.165, 1.54) is 24.0 Å². The molecule has 3 nitrogen and oxygen atoms in total. The van der Waals surface area contributed by atoms with Crippen LogP contribution in [0.25, 0.3) is 11.4 Å². The average Bonchev–Trinajstić information content (AvgIpc) is 3.28. The van der Waals surface area contributed by atoms with Crippen LogP contribution < -0.4 is 5.32 Å². The van der Waals surface area contributed by atoms with Crippen LogP contribution in [0, 0.1) is 13.8 Å². The second-order valence-electron chi connectivity index (χ2n) is 5.45. The van der Waals surface area contributed by atoms with Crippen molar-refractivity contribution in [3.8, 4) is 11.4 Å². The molecule has 1 aromatic carbocycles. The second-order valence-corrected chi connectivity index (χ2v) is 6.24. The quantitative estimate of drug-likeness (QED) is 0.903. The van der Waals surface area contributed by atoms with E-state index >= 15 is 0 Å². The second kappa shape index (κ2) is 5.17. The Labute approximate surface area is 128 Å². The van der Waals surface area contributed by atoms with Gasteiger partial charge in [-0.05, 0) is 49.9 Å². The zero-order valence-electron chi connectivity index (χ0n) is 12.0. The van der Waals surface area contributed by atoms with Gasteiger partial charge < -0.3 is 5.32 Å². The minimum Gasteiger partial charge on any atom is -0.373 e. The monoisotopic (exact) mass is 331 g/mol. The fraction of sp³-hybridized carbons (Fsp3) is 0.375. The van der Waals surface area contributed by atoms with Gasteiger partial charge in [-0.2, -0.15) is 0 Å². The Morgan fingerprint density at radius 3 is 2.30 bits per heavy atom. The highest BCUT2D eigenvalue weighted by molar-refractivity contribution is 9.10. The molecule has 0 amide bonds. The number of benzene rings is 1. The lowest BCUT2D eigenvalue weighted by Gasteiger charge is -2.10. The first-order valence-corrected chi connectivity index (χ1v) is 7.71. The highest BCUT2D eigenvalue weighted by Crippen LogP contribution is 2.40. The Balaban J connectivity index is 2.11. The van der Waals surface area contributed by atoms with Gasteiger partial charge in [0, 0.05) is 34.8 Å². The maximum atomic E-state index is 4.76. The highest BCUT2D eigenvalue weighted by Gasteiger charge is 2.26. The van der Waals surface area contributed by atoms with Gasteiger partial charge in [0.15, 0.2) is 5.82 Å². The summed E-state index contributed by atoms with van der Waals surface area (Å²) in [6.45, 7) is 4.20. The molecule has 0 spiro atoms. The van der Waals surface area contributed by atoms with E-state index in [1.807, 2.05) is 7.05 Å². The van der Waals surface area contributed by atoms with Crippen LogP contribution in [0.3, 0.4) is 0 Å². The van der Waals surface area contributed by atoms with Crippen molar-refractivity contribution >= 4 is 21.7 Å². The number of aryl methyl sites for hydroxylation is 2. The summed E-state index contributed by atoms with van der Waals surface area (Å²) in [5, 5.41) is 3.14. The first-order chi connectivity index (χ1) is 9.58. The van der Waals surface area contributed by atoms with Crippen molar-refractivity contribution in [3.63, 3.8) is 0 Å². The molecular weight excluding hydrogens is 314 g/mol. The van der Waals surface area contributed by atoms with Gasteiger partial charge in [0.2, 0.25) is 0 Å². The summed E-state index contributed by atoms with van der Waals surface area (Å²) in [7, 11) is 1.90. The summed E-state index contributed by atoms with van der Waals surface area (Å²) >= 11 is 3.61. The smallest absolute Gasteiger partial charge is 0.161 e. The summed E-state index contributed by atoms with van der Waals surface area (Å²) in [6, 6.07) is 6.35. The number of anilines is 1. The molecule has 1 fully saturated rings. The molecule has 1 saturated carbocycles. The fourth-order valence-corrected chi connectivity index (χ4v) is 2.62. The third kappa shape index (κ3) is 2.57. The SMILES string of the molecule is CNc1cc(C2CC2)nc(-c2cc(C)c(Br)c(C)c2)n1. The molecule has 3 rings (SSSR count). The molecule has 1 aliphatic carbocycles. The van der Waals surface area contributed by atoms with Gasteiger partial charge in [-0.1, -0.05) is 15.9 Å². The minimum absolute atomic E-state index is 0.626. The molecule has 1 heterocycles. The summed E-state index contributed by atoms with van der Waals surface area (Å²) in [5.41, 5.74) is 4.68. The molecule has 2 aromatic rings. The van der Waals surface area contributed by atoms with Gasteiger partial charge in [0.1, 0.15) is 5.82 Å². The van der Waals surface area contributed by atoms with Crippen molar-refractivity contribution in [3.05, 3.63) is 39.5 Å². The van der Waals surface area contributed by atoms with Crippen molar-refractivity contribution in [2.24, 2.45) is 0 Å². The molecule has 0 radical (unpaired) electrons. The standard InChI is InChI=1S/C16H18BrN3/c1-9-6-12(7-10(2)15(9)17)16-19-13(11-4-5-11)8-14(18-3)20-16/h6-8,11H,4-5H2,1-3H3,(H,18,19,20). The van der Waals surface area contributed by atoms with Crippen LogP contribution in [0.4, 0.5) is 5.82 Å². The van der Waals surface area contributed by atoms with Crippen molar-refractivity contribution in [1.29, 1.82) is 0 Å². The van der Waals surface area contributed by atoms with Crippen molar-refractivity contribution in [2.75, 3.05) is 12.4 Å². The molecule has 1 aliphatic rings.